The predicted molar refractivity (Wildman–Crippen MR) is 58.3 cm³/mol. The summed E-state index contributed by atoms with van der Waals surface area (Å²) in [5, 5.41) is 17.5. The van der Waals surface area contributed by atoms with E-state index in [2.05, 4.69) is 11.1 Å². The van der Waals surface area contributed by atoms with E-state index in [1.165, 1.54) is 0 Å². The van der Waals surface area contributed by atoms with Crippen molar-refractivity contribution >= 4 is 5.82 Å². The maximum atomic E-state index is 8.96. The molecule has 1 aromatic rings. The lowest BCUT2D eigenvalue weighted by Gasteiger charge is -2.20. The van der Waals surface area contributed by atoms with Crippen LogP contribution in [-0.4, -0.2) is 23.2 Å². The molecule has 0 aliphatic carbocycles. The van der Waals surface area contributed by atoms with E-state index in [1.54, 1.807) is 6.07 Å². The van der Waals surface area contributed by atoms with E-state index in [0.29, 0.717) is 18.7 Å². The van der Waals surface area contributed by atoms with Crippen LogP contribution in [0.4, 0.5) is 5.82 Å². The molecule has 1 heterocycles. The second-order valence-electron chi connectivity index (χ2n) is 3.13. The minimum atomic E-state index is -0.0519. The van der Waals surface area contributed by atoms with Crippen molar-refractivity contribution in [3.05, 3.63) is 23.9 Å². The van der Waals surface area contributed by atoms with Crippen LogP contribution in [0, 0.1) is 11.3 Å². The molecule has 15 heavy (non-hydrogen) atoms. The van der Waals surface area contributed by atoms with E-state index >= 15 is 0 Å². The number of nitriles is 1. The van der Waals surface area contributed by atoms with Gasteiger partial charge in [-0.1, -0.05) is 6.07 Å². The van der Waals surface area contributed by atoms with Crippen LogP contribution in [0.15, 0.2) is 18.2 Å². The molecule has 1 rings (SSSR count). The number of rotatable bonds is 5. The Morgan fingerprint density at radius 1 is 1.53 bits per heavy atom. The Kier molecular flexibility index (Phi) is 4.58. The molecule has 0 fully saturated rings. The smallest absolute Gasteiger partial charge is 0.128 e. The Labute approximate surface area is 89.8 Å². The highest BCUT2D eigenvalue weighted by atomic mass is 16.3. The molecule has 4 heteroatoms. The first kappa shape index (κ1) is 11.5. The van der Waals surface area contributed by atoms with E-state index in [9.17, 15) is 0 Å². The molecule has 0 saturated heterocycles. The Morgan fingerprint density at radius 3 is 2.93 bits per heavy atom. The Balaban J connectivity index is 2.77. The maximum Gasteiger partial charge on any atom is 0.128 e. The Bertz CT molecular complexity index is 346. The van der Waals surface area contributed by atoms with Crippen LogP contribution in [0.25, 0.3) is 0 Å². The van der Waals surface area contributed by atoms with Gasteiger partial charge in [0.2, 0.25) is 0 Å². The fourth-order valence-corrected chi connectivity index (χ4v) is 1.35. The molecular weight excluding hydrogens is 190 g/mol. The molecule has 0 radical (unpaired) electrons. The summed E-state index contributed by atoms with van der Waals surface area (Å²) in [6.07, 6.45) is 0.485. The topological polar surface area (TPSA) is 60.2 Å². The average Bonchev–Trinajstić information content (AvgIpc) is 2.30. The number of pyridine rings is 1. The van der Waals surface area contributed by atoms with E-state index in [4.69, 9.17) is 10.4 Å². The number of nitrogens with zero attached hydrogens (tertiary/aromatic N) is 3. The molecule has 4 nitrogen and oxygen atoms in total. The normalized spacial score (nSPS) is 9.67. The first-order chi connectivity index (χ1) is 7.31. The standard InChI is InChI=1S/C11H15N3O/c1-2-14(8-4-7-12)11-6-3-5-10(9-15)13-11/h3,5-6,15H,2,4,8-9H2,1H3. The van der Waals surface area contributed by atoms with Crippen molar-refractivity contribution in [1.82, 2.24) is 4.98 Å². The lowest BCUT2D eigenvalue weighted by atomic mass is 10.3. The van der Waals surface area contributed by atoms with Gasteiger partial charge in [0, 0.05) is 13.1 Å². The van der Waals surface area contributed by atoms with Crippen molar-refractivity contribution in [3.63, 3.8) is 0 Å². The number of anilines is 1. The summed E-state index contributed by atoms with van der Waals surface area (Å²) in [7, 11) is 0. The lowest BCUT2D eigenvalue weighted by Crippen LogP contribution is -2.24. The minimum Gasteiger partial charge on any atom is -0.390 e. The lowest BCUT2D eigenvalue weighted by molar-refractivity contribution is 0.277. The number of aromatic nitrogens is 1. The average molecular weight is 205 g/mol. The highest BCUT2D eigenvalue weighted by Crippen LogP contribution is 2.11. The molecule has 0 aliphatic heterocycles. The van der Waals surface area contributed by atoms with Crippen molar-refractivity contribution in [1.29, 1.82) is 5.26 Å². The summed E-state index contributed by atoms with van der Waals surface area (Å²) in [5.74, 6) is 0.819. The zero-order valence-electron chi connectivity index (χ0n) is 8.85. The molecular formula is C11H15N3O. The molecule has 0 aromatic carbocycles. The summed E-state index contributed by atoms with van der Waals surface area (Å²) in [6.45, 7) is 3.45. The second-order valence-corrected chi connectivity index (χ2v) is 3.13. The highest BCUT2D eigenvalue weighted by molar-refractivity contribution is 5.39. The minimum absolute atomic E-state index is 0.0519. The monoisotopic (exact) mass is 205 g/mol. The maximum absolute atomic E-state index is 8.96. The zero-order valence-corrected chi connectivity index (χ0v) is 8.85. The van der Waals surface area contributed by atoms with Gasteiger partial charge in [-0.05, 0) is 19.1 Å². The summed E-state index contributed by atoms with van der Waals surface area (Å²) >= 11 is 0. The quantitative estimate of drug-likeness (QED) is 0.787. The van der Waals surface area contributed by atoms with Crippen LogP contribution >= 0.6 is 0 Å². The number of hydrogen-bond donors (Lipinski definition) is 1. The number of aliphatic hydroxyl groups excluding tert-OH is 1. The van der Waals surface area contributed by atoms with Crippen LogP contribution in [0.5, 0.6) is 0 Å². The van der Waals surface area contributed by atoms with E-state index < -0.39 is 0 Å². The molecule has 0 saturated carbocycles. The Morgan fingerprint density at radius 2 is 2.33 bits per heavy atom. The zero-order chi connectivity index (χ0) is 11.1. The van der Waals surface area contributed by atoms with Gasteiger partial charge in [0.1, 0.15) is 5.82 Å². The molecule has 0 amide bonds. The van der Waals surface area contributed by atoms with E-state index in [1.807, 2.05) is 24.0 Å². The third-order valence-corrected chi connectivity index (χ3v) is 2.15. The van der Waals surface area contributed by atoms with Gasteiger partial charge in [-0.3, -0.25) is 0 Å². The SMILES string of the molecule is CCN(CCC#N)c1cccc(CO)n1. The summed E-state index contributed by atoms with van der Waals surface area (Å²) in [4.78, 5) is 6.30. The van der Waals surface area contributed by atoms with Gasteiger partial charge >= 0.3 is 0 Å². The van der Waals surface area contributed by atoms with Gasteiger partial charge in [0.25, 0.3) is 0 Å². The summed E-state index contributed by atoms with van der Waals surface area (Å²) < 4.78 is 0. The van der Waals surface area contributed by atoms with Gasteiger partial charge in [-0.15, -0.1) is 0 Å². The van der Waals surface area contributed by atoms with E-state index in [-0.39, 0.29) is 6.61 Å². The molecule has 0 bridgehead atoms. The van der Waals surface area contributed by atoms with Crippen molar-refractivity contribution < 1.29 is 5.11 Å². The van der Waals surface area contributed by atoms with E-state index in [0.717, 1.165) is 12.4 Å². The van der Waals surface area contributed by atoms with Crippen LogP contribution in [0.3, 0.4) is 0 Å². The number of hydrogen-bond acceptors (Lipinski definition) is 4. The summed E-state index contributed by atoms with van der Waals surface area (Å²) in [5.41, 5.74) is 0.655. The number of aliphatic hydroxyl groups is 1. The molecule has 0 unspecified atom stereocenters. The molecule has 1 aromatic heterocycles. The van der Waals surface area contributed by atoms with Gasteiger partial charge in [0.15, 0.2) is 0 Å². The van der Waals surface area contributed by atoms with Crippen molar-refractivity contribution in [2.75, 3.05) is 18.0 Å². The Hall–Kier alpha value is -1.60. The van der Waals surface area contributed by atoms with Crippen molar-refractivity contribution in [3.8, 4) is 6.07 Å². The van der Waals surface area contributed by atoms with Crippen molar-refractivity contribution in [2.45, 2.75) is 20.0 Å². The summed E-state index contributed by atoms with van der Waals surface area (Å²) in [6, 6.07) is 7.64. The molecule has 1 N–H and O–H groups in total. The van der Waals surface area contributed by atoms with Crippen molar-refractivity contribution in [2.24, 2.45) is 0 Å². The van der Waals surface area contributed by atoms with Gasteiger partial charge in [-0.25, -0.2) is 4.98 Å². The van der Waals surface area contributed by atoms with Crippen LogP contribution in [0.1, 0.15) is 19.0 Å². The second kappa shape index (κ2) is 5.99. The van der Waals surface area contributed by atoms with Gasteiger partial charge < -0.3 is 10.0 Å². The largest absolute Gasteiger partial charge is 0.390 e. The first-order valence-electron chi connectivity index (χ1n) is 5.00. The van der Waals surface area contributed by atoms with Crippen LogP contribution in [0.2, 0.25) is 0 Å². The predicted octanol–water partition coefficient (Wildman–Crippen LogP) is 1.31. The fourth-order valence-electron chi connectivity index (χ4n) is 1.35. The van der Waals surface area contributed by atoms with Gasteiger partial charge in [-0.2, -0.15) is 5.26 Å². The van der Waals surface area contributed by atoms with Gasteiger partial charge in [0.05, 0.1) is 24.8 Å². The fraction of sp³-hybridized carbons (Fsp3) is 0.455. The third-order valence-electron chi connectivity index (χ3n) is 2.15. The van der Waals surface area contributed by atoms with Crippen LogP contribution < -0.4 is 4.90 Å². The molecule has 0 aliphatic rings. The third kappa shape index (κ3) is 3.22. The highest BCUT2D eigenvalue weighted by Gasteiger charge is 2.05. The first-order valence-corrected chi connectivity index (χ1v) is 5.00. The molecule has 80 valence electrons. The van der Waals surface area contributed by atoms with Crippen LogP contribution in [-0.2, 0) is 6.61 Å². The molecule has 0 atom stereocenters. The molecule has 0 spiro atoms.